The minimum absolute atomic E-state index is 0.0270. The van der Waals surface area contributed by atoms with Crippen molar-refractivity contribution in [1.82, 2.24) is 5.32 Å². The van der Waals surface area contributed by atoms with Crippen LogP contribution in [0, 0.1) is 11.8 Å². The van der Waals surface area contributed by atoms with Gasteiger partial charge in [0.1, 0.15) is 29.8 Å². The Hall–Kier alpha value is -6.74. The number of methoxy groups -OCH3 is 2. The van der Waals surface area contributed by atoms with Crippen molar-refractivity contribution < 1.29 is 57.4 Å². The molecular weight excluding hydrogens is 833 g/mol. The number of carboxylic acid groups (broad SMARTS) is 1. The number of ether oxygens (including phenoxy) is 7. The molecule has 5 atom stereocenters. The van der Waals surface area contributed by atoms with Crippen molar-refractivity contribution in [2.24, 2.45) is 17.6 Å². The van der Waals surface area contributed by atoms with Crippen LogP contribution in [0.2, 0.25) is 0 Å². The number of carbonyl (C=O) groups excluding carboxylic acids is 3. The molecule has 0 unspecified atom stereocenters. The molecular formula is C51H54N2O12. The fourth-order valence-corrected chi connectivity index (χ4v) is 9.04. The minimum atomic E-state index is -1.31. The van der Waals surface area contributed by atoms with Crippen LogP contribution in [0.1, 0.15) is 59.9 Å². The number of carbonyl (C=O) groups is 4. The standard InChI is InChI=1S/C51H54N2O12/c1-32(54)64-48-42(29-47(56)57)45(31-63-51(33-12-5-4-6-13-33,34-18-22-36(59-2)23-19-34)35-20-24-37(60-3)25-21-35)65-49(43(48)28-46(52)55)61-27-11-26-53-50(58)62-30-44-40-16-9-7-14-38(40)39-15-8-10-17-41(39)44/h4-10,12-25,42-45,48-49H,11,26-31H2,1-3H3,(H2,52,55)(H,53,58)(H,56,57)/t42-,43+,45-,48+,49+/m0/s1. The summed E-state index contributed by atoms with van der Waals surface area (Å²) in [5.74, 6) is -3.43. The lowest BCUT2D eigenvalue weighted by atomic mass is 9.78. The predicted molar refractivity (Wildman–Crippen MR) is 239 cm³/mol. The van der Waals surface area contributed by atoms with Crippen molar-refractivity contribution in [3.05, 3.63) is 155 Å². The highest BCUT2D eigenvalue weighted by molar-refractivity contribution is 5.79. The van der Waals surface area contributed by atoms with Crippen LogP contribution in [-0.2, 0) is 43.7 Å². The number of primary amides is 1. The van der Waals surface area contributed by atoms with Crippen LogP contribution in [0.3, 0.4) is 0 Å². The normalized spacial score (nSPS) is 19.0. The zero-order valence-electron chi connectivity index (χ0n) is 36.6. The number of hydrogen-bond donors (Lipinski definition) is 3. The van der Waals surface area contributed by atoms with Gasteiger partial charge in [-0.3, -0.25) is 14.4 Å². The second-order valence-electron chi connectivity index (χ2n) is 16.0. The Kier molecular flexibility index (Phi) is 15.2. The van der Waals surface area contributed by atoms with E-state index < -0.39 is 66.3 Å². The Balaban J connectivity index is 1.11. The van der Waals surface area contributed by atoms with Gasteiger partial charge in [-0.2, -0.15) is 0 Å². The van der Waals surface area contributed by atoms with E-state index in [1.54, 1.807) is 14.2 Å². The quantitative estimate of drug-likeness (QED) is 0.0406. The van der Waals surface area contributed by atoms with E-state index in [4.69, 9.17) is 38.9 Å². The maximum absolute atomic E-state index is 12.9. The minimum Gasteiger partial charge on any atom is -0.497 e. The molecule has 7 rings (SSSR count). The van der Waals surface area contributed by atoms with Crippen LogP contribution in [0.4, 0.5) is 4.79 Å². The Morgan fingerprint density at radius 2 is 1.26 bits per heavy atom. The number of hydrogen-bond acceptors (Lipinski definition) is 11. The van der Waals surface area contributed by atoms with Crippen molar-refractivity contribution in [3.8, 4) is 22.6 Å². The highest BCUT2D eigenvalue weighted by Crippen LogP contribution is 2.46. The molecule has 1 heterocycles. The molecule has 1 fully saturated rings. The summed E-state index contributed by atoms with van der Waals surface area (Å²) in [5.41, 5.74) is 11.1. The largest absolute Gasteiger partial charge is 0.497 e. The fourth-order valence-electron chi connectivity index (χ4n) is 9.04. The second-order valence-corrected chi connectivity index (χ2v) is 16.0. The van der Waals surface area contributed by atoms with Crippen molar-refractivity contribution in [3.63, 3.8) is 0 Å². The van der Waals surface area contributed by atoms with Gasteiger partial charge in [0.05, 0.1) is 45.9 Å². The third kappa shape index (κ3) is 10.6. The number of nitrogens with two attached hydrogens (primary N) is 1. The van der Waals surface area contributed by atoms with E-state index in [9.17, 15) is 24.3 Å². The summed E-state index contributed by atoms with van der Waals surface area (Å²) >= 11 is 0. The fraction of sp³-hybridized carbons (Fsp3) is 0.333. The van der Waals surface area contributed by atoms with E-state index in [0.717, 1.165) is 38.9 Å². The number of nitrogens with one attached hydrogen (secondary N) is 1. The van der Waals surface area contributed by atoms with Gasteiger partial charge < -0.3 is 49.3 Å². The molecule has 0 bridgehead atoms. The number of esters is 1. The molecule has 1 aliphatic heterocycles. The number of amides is 2. The zero-order chi connectivity index (χ0) is 45.9. The van der Waals surface area contributed by atoms with Gasteiger partial charge in [-0.25, -0.2) is 4.79 Å². The van der Waals surface area contributed by atoms with E-state index >= 15 is 0 Å². The Labute approximate surface area is 377 Å². The molecule has 340 valence electrons. The van der Waals surface area contributed by atoms with Crippen molar-refractivity contribution in [1.29, 1.82) is 0 Å². The summed E-state index contributed by atoms with van der Waals surface area (Å²) in [5, 5.41) is 13.0. The molecule has 4 N–H and O–H groups in total. The van der Waals surface area contributed by atoms with Crippen molar-refractivity contribution in [2.45, 2.75) is 56.2 Å². The molecule has 5 aromatic rings. The molecule has 14 heteroatoms. The Morgan fingerprint density at radius 1 is 0.708 bits per heavy atom. The van der Waals surface area contributed by atoms with Crippen LogP contribution in [0.15, 0.2) is 127 Å². The molecule has 14 nitrogen and oxygen atoms in total. The first-order valence-electron chi connectivity index (χ1n) is 21.5. The number of fused-ring (bicyclic) bond motifs is 3. The lowest BCUT2D eigenvalue weighted by Crippen LogP contribution is -2.56. The number of aliphatic carboxylic acids is 1. The first kappa shape index (κ1) is 46.3. The van der Waals surface area contributed by atoms with Crippen LogP contribution < -0.4 is 20.5 Å². The van der Waals surface area contributed by atoms with Crippen LogP contribution in [0.25, 0.3) is 11.1 Å². The highest BCUT2D eigenvalue weighted by Gasteiger charge is 2.51. The van der Waals surface area contributed by atoms with E-state index in [2.05, 4.69) is 17.4 Å². The molecule has 2 aliphatic rings. The van der Waals surface area contributed by atoms with Crippen molar-refractivity contribution in [2.75, 3.05) is 40.6 Å². The second kappa shape index (κ2) is 21.3. The first-order chi connectivity index (χ1) is 31.5. The summed E-state index contributed by atoms with van der Waals surface area (Å²) in [6, 6.07) is 40.5. The number of benzene rings is 5. The summed E-state index contributed by atoms with van der Waals surface area (Å²) in [7, 11) is 3.15. The molecule has 5 aromatic carbocycles. The van der Waals surface area contributed by atoms with Gasteiger partial charge >= 0.3 is 18.0 Å². The van der Waals surface area contributed by atoms with Crippen LogP contribution in [0.5, 0.6) is 11.5 Å². The first-order valence-corrected chi connectivity index (χ1v) is 21.5. The smallest absolute Gasteiger partial charge is 0.407 e. The van der Waals surface area contributed by atoms with Gasteiger partial charge in [-0.05, 0) is 69.6 Å². The average Bonchev–Trinajstić information content (AvgIpc) is 3.63. The van der Waals surface area contributed by atoms with Crippen molar-refractivity contribution >= 4 is 23.9 Å². The zero-order valence-corrected chi connectivity index (χ0v) is 36.6. The molecule has 0 saturated carbocycles. The van der Waals surface area contributed by atoms with E-state index in [-0.39, 0.29) is 38.7 Å². The summed E-state index contributed by atoms with van der Waals surface area (Å²) < 4.78 is 42.5. The van der Waals surface area contributed by atoms with Gasteiger partial charge in [0.15, 0.2) is 6.29 Å². The topological polar surface area (TPSA) is 191 Å². The van der Waals surface area contributed by atoms with Gasteiger partial charge in [-0.15, -0.1) is 0 Å². The highest BCUT2D eigenvalue weighted by atomic mass is 16.7. The lowest BCUT2D eigenvalue weighted by molar-refractivity contribution is -0.282. The number of alkyl carbamates (subject to hydrolysis) is 1. The number of carboxylic acids is 1. The number of rotatable bonds is 20. The molecule has 1 aliphatic carbocycles. The maximum Gasteiger partial charge on any atom is 0.407 e. The molecule has 65 heavy (non-hydrogen) atoms. The summed E-state index contributed by atoms with van der Waals surface area (Å²) in [6.07, 6.45) is -4.55. The summed E-state index contributed by atoms with van der Waals surface area (Å²) in [4.78, 5) is 50.8. The van der Waals surface area contributed by atoms with E-state index in [1.165, 1.54) is 6.92 Å². The van der Waals surface area contributed by atoms with Crippen LogP contribution >= 0.6 is 0 Å². The molecule has 1 saturated heterocycles. The van der Waals surface area contributed by atoms with Gasteiger partial charge in [-0.1, -0.05) is 103 Å². The van der Waals surface area contributed by atoms with E-state index in [1.807, 2.05) is 115 Å². The van der Waals surface area contributed by atoms with Gasteiger partial charge in [0.25, 0.3) is 0 Å². The summed E-state index contributed by atoms with van der Waals surface area (Å²) in [6.45, 7) is 1.34. The molecule has 0 radical (unpaired) electrons. The Bertz CT molecular complexity index is 2320. The Morgan fingerprint density at radius 3 is 1.80 bits per heavy atom. The third-order valence-corrected chi connectivity index (χ3v) is 12.0. The van der Waals surface area contributed by atoms with Gasteiger partial charge in [0.2, 0.25) is 5.91 Å². The SMILES string of the molecule is COc1ccc(C(OC[C@@H]2O[C@@H](OCCCNC(=O)OCC3c4ccccc4-c4ccccc43)[C@H](CC(N)=O)[C@H](OC(C)=O)[C@H]2CC(=O)O)(c2ccccc2)c2ccc(OC)cc2)cc1. The third-order valence-electron chi connectivity index (χ3n) is 12.0. The van der Waals surface area contributed by atoms with E-state index in [0.29, 0.717) is 17.9 Å². The molecule has 0 spiro atoms. The maximum atomic E-state index is 12.9. The molecule has 0 aromatic heterocycles. The molecule has 2 amide bonds. The monoisotopic (exact) mass is 886 g/mol. The average molecular weight is 887 g/mol. The predicted octanol–water partition coefficient (Wildman–Crippen LogP) is 7.20. The van der Waals surface area contributed by atoms with Crippen LogP contribution in [-0.4, -0.2) is 88.1 Å². The van der Waals surface area contributed by atoms with Gasteiger partial charge in [0, 0.05) is 31.7 Å². The lowest BCUT2D eigenvalue weighted by Gasteiger charge is -2.46.